The Morgan fingerprint density at radius 3 is 2.73 bits per heavy atom. The monoisotopic (exact) mass is 238 g/mol. The van der Waals surface area contributed by atoms with Crippen LogP contribution in [0.25, 0.3) is 6.08 Å². The Morgan fingerprint density at radius 2 is 2.13 bits per heavy atom. The highest BCUT2D eigenvalue weighted by Gasteiger charge is 2.19. The molecule has 1 amide bonds. The number of nitrogens with one attached hydrogen (secondary N) is 2. The molecule has 0 aromatic heterocycles. The summed E-state index contributed by atoms with van der Waals surface area (Å²) in [5.74, 6) is -0.222. The van der Waals surface area contributed by atoms with Crippen molar-refractivity contribution < 1.29 is 4.79 Å². The highest BCUT2D eigenvalue weighted by molar-refractivity contribution is 7.80. The zero-order valence-corrected chi connectivity index (χ0v) is 9.15. The average Bonchev–Trinajstić information content (AvgIpc) is 2.45. The van der Waals surface area contributed by atoms with Crippen molar-refractivity contribution in [2.24, 2.45) is 0 Å². The average molecular weight is 239 g/mol. The molecule has 0 radical (unpaired) electrons. The highest BCUT2D eigenvalue weighted by atomic mass is 35.5. The van der Waals surface area contributed by atoms with Crippen molar-refractivity contribution in [3.63, 3.8) is 0 Å². The quantitative estimate of drug-likeness (QED) is 0.578. The fourth-order valence-corrected chi connectivity index (χ4v) is 1.65. The second kappa shape index (κ2) is 4.00. The van der Waals surface area contributed by atoms with E-state index in [0.29, 0.717) is 15.8 Å². The van der Waals surface area contributed by atoms with Crippen molar-refractivity contribution in [2.75, 3.05) is 0 Å². The Labute approximate surface area is 97.1 Å². The van der Waals surface area contributed by atoms with Gasteiger partial charge in [-0.3, -0.25) is 10.1 Å². The van der Waals surface area contributed by atoms with Crippen molar-refractivity contribution >= 4 is 40.9 Å². The molecule has 2 N–H and O–H groups in total. The van der Waals surface area contributed by atoms with Gasteiger partial charge in [-0.05, 0) is 36.0 Å². The number of rotatable bonds is 1. The van der Waals surface area contributed by atoms with Crippen molar-refractivity contribution in [2.45, 2.75) is 0 Å². The van der Waals surface area contributed by atoms with Gasteiger partial charge in [0.25, 0.3) is 5.91 Å². The van der Waals surface area contributed by atoms with E-state index in [9.17, 15) is 4.79 Å². The molecular formula is C10H7ClN2OS. The summed E-state index contributed by atoms with van der Waals surface area (Å²) in [7, 11) is 0. The Morgan fingerprint density at radius 1 is 1.33 bits per heavy atom. The van der Waals surface area contributed by atoms with E-state index < -0.39 is 0 Å². The van der Waals surface area contributed by atoms with E-state index in [1.807, 2.05) is 12.1 Å². The maximum atomic E-state index is 11.3. The molecule has 0 atom stereocenters. The lowest BCUT2D eigenvalue weighted by Gasteiger charge is -1.96. The Balaban J connectivity index is 2.31. The molecule has 15 heavy (non-hydrogen) atoms. The van der Waals surface area contributed by atoms with Crippen LogP contribution >= 0.6 is 23.8 Å². The van der Waals surface area contributed by atoms with E-state index in [4.69, 9.17) is 23.8 Å². The zero-order chi connectivity index (χ0) is 10.8. The molecule has 5 heteroatoms. The molecule has 1 aliphatic rings. The topological polar surface area (TPSA) is 41.1 Å². The number of halogens is 1. The van der Waals surface area contributed by atoms with Crippen LogP contribution in [0.4, 0.5) is 0 Å². The summed E-state index contributed by atoms with van der Waals surface area (Å²) in [6.45, 7) is 0. The van der Waals surface area contributed by atoms with Gasteiger partial charge in [0, 0.05) is 5.02 Å². The minimum Gasteiger partial charge on any atom is -0.328 e. The third kappa shape index (κ3) is 2.34. The van der Waals surface area contributed by atoms with Gasteiger partial charge in [0.05, 0.1) is 0 Å². The van der Waals surface area contributed by atoms with Crippen LogP contribution < -0.4 is 10.6 Å². The second-order valence-corrected chi connectivity index (χ2v) is 3.87. The predicted octanol–water partition coefficient (Wildman–Crippen LogP) is 1.69. The van der Waals surface area contributed by atoms with Crippen LogP contribution in [0.15, 0.2) is 30.0 Å². The molecule has 1 aliphatic heterocycles. The first-order valence-corrected chi connectivity index (χ1v) is 5.03. The minimum absolute atomic E-state index is 0.222. The molecule has 1 aromatic rings. The van der Waals surface area contributed by atoms with Gasteiger partial charge in [0.15, 0.2) is 5.11 Å². The standard InChI is InChI=1S/C10H7ClN2OS/c11-7-3-1-2-6(4-7)5-8-9(14)13-10(15)12-8/h1-5H,(H2,12,13,14,15)/b8-5-. The summed E-state index contributed by atoms with van der Waals surface area (Å²) < 4.78 is 0. The third-order valence-electron chi connectivity index (χ3n) is 1.88. The van der Waals surface area contributed by atoms with Gasteiger partial charge >= 0.3 is 0 Å². The van der Waals surface area contributed by atoms with Crippen LogP contribution in [0, 0.1) is 0 Å². The number of benzene rings is 1. The number of carbonyl (C=O) groups is 1. The molecule has 0 unspecified atom stereocenters. The first-order chi connectivity index (χ1) is 7.15. The van der Waals surface area contributed by atoms with Crippen LogP contribution in [0.1, 0.15) is 5.56 Å². The van der Waals surface area contributed by atoms with Gasteiger partial charge in [0.2, 0.25) is 0 Å². The molecule has 1 fully saturated rings. The molecule has 1 aromatic carbocycles. The van der Waals surface area contributed by atoms with Crippen molar-refractivity contribution in [3.8, 4) is 0 Å². The molecule has 0 bridgehead atoms. The van der Waals surface area contributed by atoms with E-state index in [-0.39, 0.29) is 5.91 Å². The number of thiocarbonyl (C=S) groups is 1. The molecular weight excluding hydrogens is 232 g/mol. The Bertz CT molecular complexity index is 470. The van der Waals surface area contributed by atoms with Crippen molar-refractivity contribution in [1.29, 1.82) is 0 Å². The normalized spacial score (nSPS) is 17.8. The first kappa shape index (κ1) is 10.1. The lowest BCUT2D eigenvalue weighted by molar-refractivity contribution is -0.115. The molecule has 1 saturated heterocycles. The SMILES string of the molecule is O=C1NC(=S)N/C1=C\c1cccc(Cl)c1. The summed E-state index contributed by atoms with van der Waals surface area (Å²) in [5.41, 5.74) is 1.28. The van der Waals surface area contributed by atoms with Gasteiger partial charge < -0.3 is 5.32 Å². The van der Waals surface area contributed by atoms with Gasteiger partial charge in [-0.25, -0.2) is 0 Å². The minimum atomic E-state index is -0.222. The van der Waals surface area contributed by atoms with Gasteiger partial charge in [-0.15, -0.1) is 0 Å². The molecule has 1 heterocycles. The van der Waals surface area contributed by atoms with E-state index in [1.165, 1.54) is 0 Å². The van der Waals surface area contributed by atoms with E-state index in [2.05, 4.69) is 10.6 Å². The maximum absolute atomic E-state index is 11.3. The maximum Gasteiger partial charge on any atom is 0.273 e. The predicted molar refractivity (Wildman–Crippen MR) is 63.3 cm³/mol. The fourth-order valence-electron chi connectivity index (χ4n) is 1.25. The number of hydrogen-bond acceptors (Lipinski definition) is 2. The van der Waals surface area contributed by atoms with Gasteiger partial charge in [-0.2, -0.15) is 0 Å². The van der Waals surface area contributed by atoms with E-state index >= 15 is 0 Å². The van der Waals surface area contributed by atoms with Crippen LogP contribution in [0.3, 0.4) is 0 Å². The molecule has 0 spiro atoms. The lowest BCUT2D eigenvalue weighted by atomic mass is 10.2. The number of amides is 1. The largest absolute Gasteiger partial charge is 0.328 e. The van der Waals surface area contributed by atoms with Crippen LogP contribution in [0.2, 0.25) is 5.02 Å². The second-order valence-electron chi connectivity index (χ2n) is 3.02. The lowest BCUT2D eigenvalue weighted by Crippen LogP contribution is -2.21. The summed E-state index contributed by atoms with van der Waals surface area (Å²) in [4.78, 5) is 11.3. The summed E-state index contributed by atoms with van der Waals surface area (Å²) in [5, 5.41) is 6.20. The fraction of sp³-hybridized carbons (Fsp3) is 0. The van der Waals surface area contributed by atoms with Gasteiger partial charge in [0.1, 0.15) is 5.70 Å². The molecule has 3 nitrogen and oxygen atoms in total. The molecule has 2 rings (SSSR count). The van der Waals surface area contributed by atoms with Gasteiger partial charge in [-0.1, -0.05) is 23.7 Å². The summed E-state index contributed by atoms with van der Waals surface area (Å²) in [6, 6.07) is 7.22. The molecule has 0 aliphatic carbocycles. The number of hydrogen-bond donors (Lipinski definition) is 2. The van der Waals surface area contributed by atoms with Crippen LogP contribution in [0.5, 0.6) is 0 Å². The summed E-state index contributed by atoms with van der Waals surface area (Å²) >= 11 is 10.6. The first-order valence-electron chi connectivity index (χ1n) is 4.25. The Kier molecular flexibility index (Phi) is 2.70. The van der Waals surface area contributed by atoms with Crippen LogP contribution in [-0.4, -0.2) is 11.0 Å². The Hall–Kier alpha value is -1.39. The molecule has 0 saturated carbocycles. The number of carbonyl (C=O) groups excluding carboxylic acids is 1. The zero-order valence-electron chi connectivity index (χ0n) is 7.58. The smallest absolute Gasteiger partial charge is 0.273 e. The van der Waals surface area contributed by atoms with Crippen molar-refractivity contribution in [3.05, 3.63) is 40.5 Å². The highest BCUT2D eigenvalue weighted by Crippen LogP contribution is 2.14. The van der Waals surface area contributed by atoms with Crippen LogP contribution in [-0.2, 0) is 4.79 Å². The van der Waals surface area contributed by atoms with E-state index in [0.717, 1.165) is 5.56 Å². The van der Waals surface area contributed by atoms with Crippen molar-refractivity contribution in [1.82, 2.24) is 10.6 Å². The third-order valence-corrected chi connectivity index (χ3v) is 2.32. The molecule has 76 valence electrons. The van der Waals surface area contributed by atoms with E-state index in [1.54, 1.807) is 18.2 Å². The summed E-state index contributed by atoms with van der Waals surface area (Å²) in [6.07, 6.45) is 1.69.